The zero-order chi connectivity index (χ0) is 30.8. The van der Waals surface area contributed by atoms with E-state index in [0.29, 0.717) is 26.1 Å². The van der Waals surface area contributed by atoms with Crippen LogP contribution in [0, 0.1) is 0 Å². The minimum Gasteiger partial charge on any atom is -0.461 e. The van der Waals surface area contributed by atoms with E-state index in [4.69, 9.17) is 9.47 Å². The molecule has 6 heteroatoms. The van der Waals surface area contributed by atoms with E-state index in [-0.39, 0.29) is 18.5 Å². The Morgan fingerprint density at radius 3 is 1.36 bits per heavy atom. The van der Waals surface area contributed by atoms with Gasteiger partial charge in [-0.05, 0) is 64.5 Å². The summed E-state index contributed by atoms with van der Waals surface area (Å²) in [5.41, 5.74) is 0. The molecule has 0 aromatic rings. The van der Waals surface area contributed by atoms with Gasteiger partial charge >= 0.3 is 11.9 Å². The molecule has 0 aliphatic rings. The van der Waals surface area contributed by atoms with Crippen molar-refractivity contribution >= 4 is 11.9 Å². The maximum Gasteiger partial charge on any atom is 0.306 e. The molecule has 0 spiro atoms. The summed E-state index contributed by atoms with van der Waals surface area (Å²) in [6.45, 7) is 8.21. The molecule has 0 bridgehead atoms. The standard InChI is InChI=1S/C36H67NO5/c1-3-5-7-9-11-19-25-33-41-35(39)27-21-15-13-17-23-29-37(31-32-38)30-24-18-14-16-22-28-36(40)42-34-26-20-12-10-8-6-4-2/h19-20,25-26,38H,3-18,21-24,27-34H2,1-2H3/b25-19-,26-20-. The molecule has 0 radical (unpaired) electrons. The lowest BCUT2D eigenvalue weighted by atomic mass is 10.1. The lowest BCUT2D eigenvalue weighted by molar-refractivity contribution is -0.143. The maximum atomic E-state index is 11.9. The number of ether oxygens (including phenoxy) is 2. The minimum atomic E-state index is -0.0871. The molecule has 0 saturated carbocycles. The number of hydrogen-bond donors (Lipinski definition) is 1. The smallest absolute Gasteiger partial charge is 0.306 e. The van der Waals surface area contributed by atoms with Crippen LogP contribution in [-0.4, -0.2) is 61.4 Å². The van der Waals surface area contributed by atoms with E-state index >= 15 is 0 Å². The van der Waals surface area contributed by atoms with Crippen LogP contribution < -0.4 is 0 Å². The average Bonchev–Trinajstić information content (AvgIpc) is 2.98. The monoisotopic (exact) mass is 594 g/mol. The van der Waals surface area contributed by atoms with E-state index in [2.05, 4.69) is 30.9 Å². The Morgan fingerprint density at radius 2 is 0.929 bits per heavy atom. The predicted octanol–water partition coefficient (Wildman–Crippen LogP) is 9.10. The van der Waals surface area contributed by atoms with E-state index in [1.807, 2.05) is 12.2 Å². The van der Waals surface area contributed by atoms with Gasteiger partial charge in [-0.3, -0.25) is 9.59 Å². The van der Waals surface area contributed by atoms with Crippen LogP contribution in [0.2, 0.25) is 0 Å². The fourth-order valence-corrected chi connectivity index (χ4v) is 4.92. The molecule has 246 valence electrons. The van der Waals surface area contributed by atoms with Crippen molar-refractivity contribution in [2.24, 2.45) is 0 Å². The van der Waals surface area contributed by atoms with Crippen LogP contribution in [0.15, 0.2) is 24.3 Å². The second kappa shape index (κ2) is 33.8. The van der Waals surface area contributed by atoms with Crippen LogP contribution in [0.5, 0.6) is 0 Å². The summed E-state index contributed by atoms with van der Waals surface area (Å²) in [6.07, 6.45) is 32.2. The first-order valence-electron chi connectivity index (χ1n) is 17.6. The summed E-state index contributed by atoms with van der Waals surface area (Å²) < 4.78 is 10.6. The molecule has 0 aliphatic heterocycles. The topological polar surface area (TPSA) is 76.1 Å². The Kier molecular flexibility index (Phi) is 32.5. The number of aliphatic hydroxyl groups excluding tert-OH is 1. The first-order chi connectivity index (χ1) is 20.6. The number of hydrogen-bond acceptors (Lipinski definition) is 6. The molecule has 0 fully saturated rings. The molecule has 6 nitrogen and oxygen atoms in total. The third-order valence-electron chi connectivity index (χ3n) is 7.59. The predicted molar refractivity (Wildman–Crippen MR) is 177 cm³/mol. The van der Waals surface area contributed by atoms with Gasteiger partial charge in [0.25, 0.3) is 0 Å². The Morgan fingerprint density at radius 1 is 0.524 bits per heavy atom. The van der Waals surface area contributed by atoms with E-state index in [9.17, 15) is 14.7 Å². The fourth-order valence-electron chi connectivity index (χ4n) is 4.92. The molecule has 0 aromatic heterocycles. The average molecular weight is 594 g/mol. The number of esters is 2. The van der Waals surface area contributed by atoms with Gasteiger partial charge in [-0.15, -0.1) is 0 Å². The lowest BCUT2D eigenvalue weighted by Gasteiger charge is -2.21. The van der Waals surface area contributed by atoms with Crippen LogP contribution in [0.4, 0.5) is 0 Å². The number of allylic oxidation sites excluding steroid dienone is 2. The normalized spacial score (nSPS) is 11.7. The molecule has 42 heavy (non-hydrogen) atoms. The van der Waals surface area contributed by atoms with Crippen molar-refractivity contribution in [2.45, 2.75) is 155 Å². The SMILES string of the molecule is CCCCCC/C=C\COC(=O)CCCCCCCN(CCO)CCCCCCCC(=O)OC/C=C\CCCCCC. The fraction of sp³-hybridized carbons (Fsp3) is 0.833. The van der Waals surface area contributed by atoms with Crippen molar-refractivity contribution < 1.29 is 24.2 Å². The van der Waals surface area contributed by atoms with Gasteiger partial charge in [0.1, 0.15) is 13.2 Å². The van der Waals surface area contributed by atoms with Gasteiger partial charge < -0.3 is 19.5 Å². The van der Waals surface area contributed by atoms with Crippen LogP contribution in [0.25, 0.3) is 0 Å². The number of nitrogens with zero attached hydrogens (tertiary/aromatic N) is 1. The lowest BCUT2D eigenvalue weighted by Crippen LogP contribution is -2.29. The molecule has 0 aliphatic carbocycles. The molecule has 1 N–H and O–H groups in total. The highest BCUT2D eigenvalue weighted by Crippen LogP contribution is 2.10. The molecular formula is C36H67NO5. The largest absolute Gasteiger partial charge is 0.461 e. The van der Waals surface area contributed by atoms with Gasteiger partial charge in [0.2, 0.25) is 0 Å². The van der Waals surface area contributed by atoms with Crippen LogP contribution >= 0.6 is 0 Å². The maximum absolute atomic E-state index is 11.9. The highest BCUT2D eigenvalue weighted by atomic mass is 16.5. The third-order valence-corrected chi connectivity index (χ3v) is 7.59. The third kappa shape index (κ3) is 31.3. The Bertz CT molecular complexity index is 597. The van der Waals surface area contributed by atoms with E-state index in [0.717, 1.165) is 96.7 Å². The van der Waals surface area contributed by atoms with Crippen LogP contribution in [0.1, 0.15) is 155 Å². The highest BCUT2D eigenvalue weighted by molar-refractivity contribution is 5.69. The number of unbranched alkanes of at least 4 members (excludes halogenated alkanes) is 16. The first kappa shape index (κ1) is 40.3. The molecule has 0 atom stereocenters. The summed E-state index contributed by atoms with van der Waals surface area (Å²) in [6, 6.07) is 0. The second-order valence-electron chi connectivity index (χ2n) is 11.6. The molecule has 0 unspecified atom stereocenters. The van der Waals surface area contributed by atoms with Gasteiger partial charge in [0.05, 0.1) is 6.61 Å². The summed E-state index contributed by atoms with van der Waals surface area (Å²) in [7, 11) is 0. The first-order valence-corrected chi connectivity index (χ1v) is 17.6. The van der Waals surface area contributed by atoms with Crippen molar-refractivity contribution in [3.8, 4) is 0 Å². The van der Waals surface area contributed by atoms with Gasteiger partial charge in [-0.2, -0.15) is 0 Å². The Labute approximate surface area is 259 Å². The molecule has 0 heterocycles. The molecule has 0 rings (SSSR count). The number of aliphatic hydroxyl groups is 1. The number of rotatable bonds is 32. The van der Waals surface area contributed by atoms with Gasteiger partial charge in [0.15, 0.2) is 0 Å². The Balaban J connectivity index is 3.62. The van der Waals surface area contributed by atoms with Crippen LogP contribution in [0.3, 0.4) is 0 Å². The van der Waals surface area contributed by atoms with Crippen LogP contribution in [-0.2, 0) is 19.1 Å². The zero-order valence-corrected chi connectivity index (χ0v) is 27.6. The minimum absolute atomic E-state index is 0.0871. The van der Waals surface area contributed by atoms with Crippen molar-refractivity contribution in [3.05, 3.63) is 24.3 Å². The Hall–Kier alpha value is -1.66. The zero-order valence-electron chi connectivity index (χ0n) is 27.6. The molecule has 0 aromatic carbocycles. The van der Waals surface area contributed by atoms with E-state index in [1.54, 1.807) is 0 Å². The quantitative estimate of drug-likeness (QED) is 0.0476. The summed E-state index contributed by atoms with van der Waals surface area (Å²) in [5.74, 6) is -0.174. The van der Waals surface area contributed by atoms with E-state index < -0.39 is 0 Å². The van der Waals surface area contributed by atoms with Crippen molar-refractivity contribution in [2.75, 3.05) is 39.5 Å². The molecule has 0 amide bonds. The summed E-state index contributed by atoms with van der Waals surface area (Å²) in [5, 5.41) is 9.42. The van der Waals surface area contributed by atoms with Gasteiger partial charge in [-0.1, -0.05) is 115 Å². The molecular weight excluding hydrogens is 526 g/mol. The van der Waals surface area contributed by atoms with Crippen molar-refractivity contribution in [1.82, 2.24) is 4.90 Å². The molecule has 0 saturated heterocycles. The number of carbonyl (C=O) groups is 2. The van der Waals surface area contributed by atoms with Gasteiger partial charge in [0, 0.05) is 19.4 Å². The summed E-state index contributed by atoms with van der Waals surface area (Å²) in [4.78, 5) is 26.1. The summed E-state index contributed by atoms with van der Waals surface area (Å²) >= 11 is 0. The van der Waals surface area contributed by atoms with Gasteiger partial charge in [-0.25, -0.2) is 0 Å². The number of carbonyl (C=O) groups excluding carboxylic acids is 2. The highest BCUT2D eigenvalue weighted by Gasteiger charge is 2.06. The van der Waals surface area contributed by atoms with Crippen molar-refractivity contribution in [3.63, 3.8) is 0 Å². The second-order valence-corrected chi connectivity index (χ2v) is 11.6. The van der Waals surface area contributed by atoms with E-state index in [1.165, 1.54) is 51.4 Å². The van der Waals surface area contributed by atoms with Crippen molar-refractivity contribution in [1.29, 1.82) is 0 Å².